The van der Waals surface area contributed by atoms with Crippen LogP contribution in [0, 0.1) is 10.1 Å². The predicted molar refractivity (Wildman–Crippen MR) is 105 cm³/mol. The number of aromatic nitrogens is 2. The van der Waals surface area contributed by atoms with Gasteiger partial charge in [-0.3, -0.25) is 10.1 Å². The van der Waals surface area contributed by atoms with Crippen LogP contribution in [-0.4, -0.2) is 27.5 Å². The van der Waals surface area contributed by atoms with Crippen LogP contribution in [0.15, 0.2) is 48.5 Å². The lowest BCUT2D eigenvalue weighted by molar-refractivity contribution is -0.384. The van der Waals surface area contributed by atoms with Crippen LogP contribution in [-0.2, 0) is 10.9 Å². The number of nitrogen functional groups attached to an aromatic ring is 1. The second-order valence-electron chi connectivity index (χ2n) is 6.25. The van der Waals surface area contributed by atoms with E-state index in [4.69, 9.17) is 10.5 Å². The highest BCUT2D eigenvalue weighted by atomic mass is 19.4. The molecule has 31 heavy (non-hydrogen) atoms. The molecule has 0 fully saturated rings. The quantitative estimate of drug-likeness (QED) is 0.358. The Hall–Kier alpha value is -4.02. The maximum absolute atomic E-state index is 12.9. The molecular formula is C20H15F3N4O4. The zero-order chi connectivity index (χ0) is 22.8. The number of esters is 1. The van der Waals surface area contributed by atoms with Crippen molar-refractivity contribution < 1.29 is 27.6 Å². The molecule has 2 N–H and O–H groups in total. The number of rotatable bonds is 5. The first-order valence-electron chi connectivity index (χ1n) is 8.89. The molecule has 160 valence electrons. The number of alkyl halides is 3. The van der Waals surface area contributed by atoms with E-state index in [1.165, 1.54) is 24.3 Å². The SMILES string of the molecule is CCOC(=O)c1c(-c2ccc([N+](=O)[O-])cc2)nc(N)nc1-c1ccc(C(F)(F)F)cc1. The van der Waals surface area contributed by atoms with E-state index in [1.54, 1.807) is 6.92 Å². The van der Waals surface area contributed by atoms with Crippen molar-refractivity contribution in [2.24, 2.45) is 0 Å². The number of nitro groups is 1. The fraction of sp³-hybridized carbons (Fsp3) is 0.150. The van der Waals surface area contributed by atoms with Crippen molar-refractivity contribution in [2.45, 2.75) is 13.1 Å². The molecule has 0 bridgehead atoms. The van der Waals surface area contributed by atoms with Gasteiger partial charge in [0.05, 0.1) is 28.5 Å². The van der Waals surface area contributed by atoms with Gasteiger partial charge in [0.1, 0.15) is 5.56 Å². The van der Waals surface area contributed by atoms with E-state index in [0.717, 1.165) is 24.3 Å². The lowest BCUT2D eigenvalue weighted by Gasteiger charge is -2.14. The molecule has 0 atom stereocenters. The maximum atomic E-state index is 12.9. The van der Waals surface area contributed by atoms with Crippen molar-refractivity contribution in [3.63, 3.8) is 0 Å². The fourth-order valence-corrected chi connectivity index (χ4v) is 2.85. The monoisotopic (exact) mass is 432 g/mol. The summed E-state index contributed by atoms with van der Waals surface area (Å²) in [6.45, 7) is 1.61. The minimum atomic E-state index is -4.53. The number of nitrogens with two attached hydrogens (primary N) is 1. The number of anilines is 1. The largest absolute Gasteiger partial charge is 0.462 e. The van der Waals surface area contributed by atoms with E-state index in [2.05, 4.69) is 9.97 Å². The highest BCUT2D eigenvalue weighted by Crippen LogP contribution is 2.34. The molecule has 0 aliphatic rings. The molecule has 0 aliphatic heterocycles. The predicted octanol–water partition coefficient (Wildman–Crippen LogP) is 4.50. The van der Waals surface area contributed by atoms with E-state index in [0.29, 0.717) is 5.56 Å². The molecule has 3 aromatic rings. The van der Waals surface area contributed by atoms with Gasteiger partial charge in [0.15, 0.2) is 0 Å². The number of carbonyl (C=O) groups is 1. The van der Waals surface area contributed by atoms with Gasteiger partial charge < -0.3 is 10.5 Å². The molecule has 0 unspecified atom stereocenters. The lowest BCUT2D eigenvalue weighted by atomic mass is 9.99. The first kappa shape index (κ1) is 21.7. The van der Waals surface area contributed by atoms with Crippen molar-refractivity contribution in [3.8, 4) is 22.5 Å². The van der Waals surface area contributed by atoms with Crippen LogP contribution >= 0.6 is 0 Å². The molecule has 0 amide bonds. The Morgan fingerprint density at radius 1 is 1.03 bits per heavy atom. The van der Waals surface area contributed by atoms with Gasteiger partial charge in [-0.05, 0) is 31.2 Å². The van der Waals surface area contributed by atoms with Crippen LogP contribution in [0.25, 0.3) is 22.5 Å². The second kappa shape index (κ2) is 8.38. The molecule has 2 aromatic carbocycles. The number of hydrogen-bond donors (Lipinski definition) is 1. The topological polar surface area (TPSA) is 121 Å². The van der Waals surface area contributed by atoms with E-state index in [1.807, 2.05) is 0 Å². The van der Waals surface area contributed by atoms with Crippen molar-refractivity contribution >= 4 is 17.6 Å². The van der Waals surface area contributed by atoms with Crippen molar-refractivity contribution in [1.82, 2.24) is 9.97 Å². The minimum Gasteiger partial charge on any atom is -0.462 e. The zero-order valence-electron chi connectivity index (χ0n) is 16.0. The molecule has 11 heteroatoms. The lowest BCUT2D eigenvalue weighted by Crippen LogP contribution is -2.13. The van der Waals surface area contributed by atoms with Gasteiger partial charge in [-0.15, -0.1) is 0 Å². The van der Waals surface area contributed by atoms with Gasteiger partial charge in [-0.1, -0.05) is 12.1 Å². The number of nitro benzene ring substituents is 1. The normalized spacial score (nSPS) is 11.2. The first-order valence-corrected chi connectivity index (χ1v) is 8.89. The Bertz CT molecular complexity index is 1130. The third-order valence-electron chi connectivity index (χ3n) is 4.24. The van der Waals surface area contributed by atoms with Gasteiger partial charge in [0, 0.05) is 23.3 Å². The van der Waals surface area contributed by atoms with Crippen LogP contribution < -0.4 is 5.73 Å². The molecule has 3 rings (SSSR count). The summed E-state index contributed by atoms with van der Waals surface area (Å²) in [6, 6.07) is 9.22. The molecule has 0 radical (unpaired) electrons. The average Bonchev–Trinajstić information content (AvgIpc) is 2.72. The minimum absolute atomic E-state index is 0.0203. The van der Waals surface area contributed by atoms with Crippen LogP contribution in [0.5, 0.6) is 0 Å². The molecular weight excluding hydrogens is 417 g/mol. The summed E-state index contributed by atoms with van der Waals surface area (Å²) in [7, 11) is 0. The van der Waals surface area contributed by atoms with Crippen LogP contribution in [0.4, 0.5) is 24.8 Å². The summed E-state index contributed by atoms with van der Waals surface area (Å²) in [5, 5.41) is 10.9. The molecule has 0 saturated heterocycles. The van der Waals surface area contributed by atoms with Gasteiger partial charge in [-0.25, -0.2) is 14.8 Å². The summed E-state index contributed by atoms with van der Waals surface area (Å²) < 4.78 is 43.8. The first-order chi connectivity index (χ1) is 14.6. The number of benzene rings is 2. The summed E-state index contributed by atoms with van der Waals surface area (Å²) in [6.07, 6.45) is -4.53. The smallest absolute Gasteiger partial charge is 0.416 e. The maximum Gasteiger partial charge on any atom is 0.416 e. The standard InChI is InChI=1S/C20H15F3N4O4/c1-2-31-18(28)15-16(11-3-7-13(8-4-11)20(21,22)23)25-19(24)26-17(15)12-5-9-14(10-6-12)27(29)30/h3-10H,2H2,1H3,(H2,24,25,26). The molecule has 0 saturated carbocycles. The molecule has 0 aliphatic carbocycles. The summed E-state index contributed by atoms with van der Waals surface area (Å²) in [5.74, 6) is -1.05. The van der Waals surface area contributed by atoms with Gasteiger partial charge in [0.25, 0.3) is 5.69 Å². The van der Waals surface area contributed by atoms with Crippen molar-refractivity contribution in [1.29, 1.82) is 0 Å². The highest BCUT2D eigenvalue weighted by molar-refractivity contribution is 6.02. The van der Waals surface area contributed by atoms with Crippen LogP contribution in [0.3, 0.4) is 0 Å². The Morgan fingerprint density at radius 3 is 1.94 bits per heavy atom. The Morgan fingerprint density at radius 2 is 1.52 bits per heavy atom. The number of halogens is 3. The second-order valence-corrected chi connectivity index (χ2v) is 6.25. The molecule has 8 nitrogen and oxygen atoms in total. The summed E-state index contributed by atoms with van der Waals surface area (Å²) in [5.41, 5.74) is 5.15. The van der Waals surface area contributed by atoms with Gasteiger partial charge in [-0.2, -0.15) is 13.2 Å². The number of non-ortho nitro benzene ring substituents is 1. The fourth-order valence-electron chi connectivity index (χ4n) is 2.85. The number of ether oxygens (including phenoxy) is 1. The summed E-state index contributed by atoms with van der Waals surface area (Å²) in [4.78, 5) is 31.2. The third-order valence-corrected chi connectivity index (χ3v) is 4.24. The Balaban J connectivity index is 2.21. The Labute approximate surface area is 173 Å². The Kier molecular flexibility index (Phi) is 5.86. The van der Waals surface area contributed by atoms with E-state index >= 15 is 0 Å². The highest BCUT2D eigenvalue weighted by Gasteiger charge is 2.31. The van der Waals surface area contributed by atoms with Crippen LogP contribution in [0.2, 0.25) is 0 Å². The van der Waals surface area contributed by atoms with Crippen molar-refractivity contribution in [2.75, 3.05) is 12.3 Å². The zero-order valence-corrected chi connectivity index (χ0v) is 16.0. The molecule has 1 aromatic heterocycles. The van der Waals surface area contributed by atoms with Crippen LogP contribution in [0.1, 0.15) is 22.8 Å². The third kappa shape index (κ3) is 4.60. The molecule has 0 spiro atoms. The number of hydrogen-bond acceptors (Lipinski definition) is 7. The summed E-state index contributed by atoms with van der Waals surface area (Å²) >= 11 is 0. The number of nitrogens with zero attached hydrogens (tertiary/aromatic N) is 3. The van der Waals surface area contributed by atoms with E-state index in [-0.39, 0.29) is 40.8 Å². The van der Waals surface area contributed by atoms with Crippen molar-refractivity contribution in [3.05, 3.63) is 69.8 Å². The average molecular weight is 432 g/mol. The van der Waals surface area contributed by atoms with E-state index in [9.17, 15) is 28.1 Å². The van der Waals surface area contributed by atoms with Gasteiger partial charge >= 0.3 is 12.1 Å². The molecule has 1 heterocycles. The number of carbonyl (C=O) groups excluding carboxylic acids is 1. The van der Waals surface area contributed by atoms with Gasteiger partial charge in [0.2, 0.25) is 5.95 Å². The van der Waals surface area contributed by atoms with E-state index < -0.39 is 22.6 Å².